The van der Waals surface area contributed by atoms with E-state index in [1.54, 1.807) is 30.4 Å². The lowest BCUT2D eigenvalue weighted by Crippen LogP contribution is -2.12. The van der Waals surface area contributed by atoms with Crippen LogP contribution in [0.4, 0.5) is 11.6 Å². The zero-order valence-corrected chi connectivity index (χ0v) is 21.9. The summed E-state index contributed by atoms with van der Waals surface area (Å²) >= 11 is 0. The van der Waals surface area contributed by atoms with Crippen molar-refractivity contribution in [2.75, 3.05) is 10.6 Å². The molecule has 0 aliphatic rings. The second-order valence-electron chi connectivity index (χ2n) is 10.8. The van der Waals surface area contributed by atoms with Crippen molar-refractivity contribution >= 4 is 35.6 Å². The summed E-state index contributed by atoms with van der Waals surface area (Å²) < 4.78 is 0. The fourth-order valence-electron chi connectivity index (χ4n) is 3.44. The summed E-state index contributed by atoms with van der Waals surface area (Å²) in [7, 11) is 0. The van der Waals surface area contributed by atoms with Crippen LogP contribution in [0, 0.1) is 0 Å². The standard InChI is InChI=1S/C31H35N3O2/c1-30(2,3)24-16-10-22(11-17-24)14-20-28(35)33-26-8-7-9-27(32-26)34-29(36)21-15-23-12-18-25(19-13-23)31(4,5)6/h7-21H,1-6H3,(H2,32,33,34,35,36)/b20-14+,21-15+. The van der Waals surface area contributed by atoms with Gasteiger partial charge in [0.2, 0.25) is 11.8 Å². The largest absolute Gasteiger partial charge is 0.307 e. The van der Waals surface area contributed by atoms with Gasteiger partial charge in [0.05, 0.1) is 0 Å². The van der Waals surface area contributed by atoms with Crippen molar-refractivity contribution in [3.63, 3.8) is 0 Å². The fourth-order valence-corrected chi connectivity index (χ4v) is 3.44. The lowest BCUT2D eigenvalue weighted by Gasteiger charge is -2.18. The molecule has 0 aliphatic carbocycles. The van der Waals surface area contributed by atoms with Gasteiger partial charge in [0, 0.05) is 12.2 Å². The van der Waals surface area contributed by atoms with Crippen molar-refractivity contribution in [3.8, 4) is 0 Å². The normalized spacial score (nSPS) is 12.2. The summed E-state index contributed by atoms with van der Waals surface area (Å²) in [6, 6.07) is 21.3. The number of rotatable bonds is 6. The van der Waals surface area contributed by atoms with Crippen LogP contribution >= 0.6 is 0 Å². The van der Waals surface area contributed by atoms with Gasteiger partial charge < -0.3 is 10.6 Å². The van der Waals surface area contributed by atoms with E-state index in [9.17, 15) is 9.59 Å². The average molecular weight is 482 g/mol. The zero-order chi connectivity index (χ0) is 26.3. The van der Waals surface area contributed by atoms with Crippen LogP contribution < -0.4 is 10.6 Å². The van der Waals surface area contributed by atoms with Gasteiger partial charge in [0.15, 0.2) is 0 Å². The molecular weight excluding hydrogens is 446 g/mol. The van der Waals surface area contributed by atoms with Crippen LogP contribution in [0.25, 0.3) is 12.2 Å². The number of aromatic nitrogens is 1. The first kappa shape index (κ1) is 26.6. The number of hydrogen-bond donors (Lipinski definition) is 2. The predicted octanol–water partition coefficient (Wildman–Crippen LogP) is 6.98. The SMILES string of the molecule is CC(C)(C)c1ccc(/C=C/C(=O)Nc2cccc(NC(=O)/C=C/c3ccc(C(C)(C)C)cc3)n2)cc1. The highest BCUT2D eigenvalue weighted by atomic mass is 16.2. The van der Waals surface area contributed by atoms with Crippen LogP contribution in [0.2, 0.25) is 0 Å². The molecule has 5 heteroatoms. The Hall–Kier alpha value is -3.99. The van der Waals surface area contributed by atoms with Crippen molar-refractivity contribution in [1.29, 1.82) is 0 Å². The molecule has 2 N–H and O–H groups in total. The summed E-state index contributed by atoms with van der Waals surface area (Å²) in [6.45, 7) is 13.0. The van der Waals surface area contributed by atoms with Crippen molar-refractivity contribution < 1.29 is 9.59 Å². The number of nitrogens with one attached hydrogen (secondary N) is 2. The Labute approximate surface area is 214 Å². The second kappa shape index (κ2) is 11.2. The minimum absolute atomic E-state index is 0.0826. The van der Waals surface area contributed by atoms with E-state index in [1.165, 1.54) is 23.3 Å². The molecule has 36 heavy (non-hydrogen) atoms. The van der Waals surface area contributed by atoms with Gasteiger partial charge in [-0.1, -0.05) is 96.1 Å². The summed E-state index contributed by atoms with van der Waals surface area (Å²) in [5.74, 6) is 0.105. The summed E-state index contributed by atoms with van der Waals surface area (Å²) in [6.07, 6.45) is 6.44. The van der Waals surface area contributed by atoms with Crippen molar-refractivity contribution in [2.24, 2.45) is 0 Å². The topological polar surface area (TPSA) is 71.1 Å². The Balaban J connectivity index is 1.56. The van der Waals surface area contributed by atoms with Crippen LogP contribution in [0.5, 0.6) is 0 Å². The van der Waals surface area contributed by atoms with Crippen molar-refractivity contribution in [1.82, 2.24) is 4.98 Å². The molecule has 0 radical (unpaired) electrons. The first-order chi connectivity index (χ1) is 16.9. The molecule has 0 atom stereocenters. The number of hydrogen-bond acceptors (Lipinski definition) is 3. The Morgan fingerprint density at radius 2 is 0.972 bits per heavy atom. The highest BCUT2D eigenvalue weighted by Crippen LogP contribution is 2.23. The van der Waals surface area contributed by atoms with E-state index in [2.05, 4.69) is 81.4 Å². The smallest absolute Gasteiger partial charge is 0.249 e. The molecule has 0 unspecified atom stereocenters. The van der Waals surface area contributed by atoms with E-state index < -0.39 is 0 Å². The predicted molar refractivity (Wildman–Crippen MR) is 150 cm³/mol. The van der Waals surface area contributed by atoms with Gasteiger partial charge in [-0.3, -0.25) is 9.59 Å². The fraction of sp³-hybridized carbons (Fsp3) is 0.258. The zero-order valence-electron chi connectivity index (χ0n) is 21.9. The molecule has 0 spiro atoms. The minimum atomic E-state index is -0.301. The lowest BCUT2D eigenvalue weighted by atomic mass is 9.87. The summed E-state index contributed by atoms with van der Waals surface area (Å²) in [5.41, 5.74) is 4.51. The third-order valence-corrected chi connectivity index (χ3v) is 5.66. The summed E-state index contributed by atoms with van der Waals surface area (Å²) in [5, 5.41) is 5.46. The van der Waals surface area contributed by atoms with E-state index in [0.29, 0.717) is 11.6 Å². The maximum absolute atomic E-state index is 12.4. The van der Waals surface area contributed by atoms with E-state index >= 15 is 0 Å². The van der Waals surface area contributed by atoms with Gasteiger partial charge >= 0.3 is 0 Å². The van der Waals surface area contributed by atoms with Crippen LogP contribution in [0.1, 0.15) is 63.8 Å². The monoisotopic (exact) mass is 481 g/mol. The van der Waals surface area contributed by atoms with Gasteiger partial charge in [-0.15, -0.1) is 0 Å². The molecule has 2 amide bonds. The van der Waals surface area contributed by atoms with E-state index in [-0.39, 0.29) is 22.6 Å². The van der Waals surface area contributed by atoms with Crippen LogP contribution in [-0.4, -0.2) is 16.8 Å². The Kier molecular flexibility index (Phi) is 8.25. The molecule has 186 valence electrons. The quantitative estimate of drug-likeness (QED) is 0.373. The minimum Gasteiger partial charge on any atom is -0.307 e. The summed E-state index contributed by atoms with van der Waals surface area (Å²) in [4.78, 5) is 29.0. The van der Waals surface area contributed by atoms with E-state index in [1.807, 2.05) is 24.3 Å². The molecule has 0 aliphatic heterocycles. The molecule has 5 nitrogen and oxygen atoms in total. The molecule has 1 aromatic heterocycles. The Morgan fingerprint density at radius 3 is 1.31 bits per heavy atom. The lowest BCUT2D eigenvalue weighted by molar-refractivity contribution is -0.112. The number of pyridine rings is 1. The number of carbonyl (C=O) groups excluding carboxylic acids is 2. The number of benzene rings is 2. The van der Waals surface area contributed by atoms with Crippen molar-refractivity contribution in [3.05, 3.63) is 101 Å². The van der Waals surface area contributed by atoms with E-state index in [4.69, 9.17) is 0 Å². The van der Waals surface area contributed by atoms with E-state index in [0.717, 1.165) is 11.1 Å². The number of nitrogens with zero attached hydrogens (tertiary/aromatic N) is 1. The van der Waals surface area contributed by atoms with Crippen LogP contribution in [-0.2, 0) is 20.4 Å². The first-order valence-corrected chi connectivity index (χ1v) is 12.1. The molecular formula is C31H35N3O2. The highest BCUT2D eigenvalue weighted by molar-refractivity contribution is 6.03. The molecule has 3 aromatic rings. The van der Waals surface area contributed by atoms with Gasteiger partial charge in [-0.25, -0.2) is 4.98 Å². The van der Waals surface area contributed by atoms with Crippen LogP contribution in [0.15, 0.2) is 78.9 Å². The molecule has 0 fully saturated rings. The first-order valence-electron chi connectivity index (χ1n) is 12.1. The number of carbonyl (C=O) groups is 2. The molecule has 0 saturated heterocycles. The third-order valence-electron chi connectivity index (χ3n) is 5.66. The highest BCUT2D eigenvalue weighted by Gasteiger charge is 2.13. The molecule has 3 rings (SSSR count). The second-order valence-corrected chi connectivity index (χ2v) is 10.8. The molecule has 1 heterocycles. The van der Waals surface area contributed by atoms with Crippen molar-refractivity contribution in [2.45, 2.75) is 52.4 Å². The number of anilines is 2. The molecule has 0 saturated carbocycles. The Bertz CT molecular complexity index is 1160. The maximum atomic E-state index is 12.4. The van der Waals surface area contributed by atoms with Gasteiger partial charge in [0.25, 0.3) is 0 Å². The van der Waals surface area contributed by atoms with Crippen LogP contribution in [0.3, 0.4) is 0 Å². The van der Waals surface area contributed by atoms with Gasteiger partial charge in [0.1, 0.15) is 11.6 Å². The van der Waals surface area contributed by atoms with Gasteiger partial charge in [-0.05, 0) is 57.4 Å². The average Bonchev–Trinajstić information content (AvgIpc) is 2.81. The molecule has 2 aromatic carbocycles. The maximum Gasteiger partial charge on any atom is 0.249 e. The van der Waals surface area contributed by atoms with Gasteiger partial charge in [-0.2, -0.15) is 0 Å². The molecule has 0 bridgehead atoms. The third kappa shape index (κ3) is 8.05. The number of amides is 2. The Morgan fingerprint density at radius 1 is 0.611 bits per heavy atom.